The molecule has 0 atom stereocenters. The Bertz CT molecular complexity index is 723. The van der Waals surface area contributed by atoms with Crippen molar-refractivity contribution in [3.05, 3.63) is 39.7 Å². The molecule has 0 aliphatic carbocycles. The molecule has 0 spiro atoms. The van der Waals surface area contributed by atoms with Gasteiger partial charge < -0.3 is 5.73 Å². The van der Waals surface area contributed by atoms with Crippen LogP contribution in [0.1, 0.15) is 11.1 Å². The molecule has 0 saturated carbocycles. The number of benzene rings is 1. The summed E-state index contributed by atoms with van der Waals surface area (Å²) in [7, 11) is -3.64. The molecule has 0 aliphatic heterocycles. The molecule has 2 rings (SSSR count). The molecule has 0 saturated heterocycles. The van der Waals surface area contributed by atoms with Crippen molar-refractivity contribution in [3.8, 4) is 0 Å². The van der Waals surface area contributed by atoms with E-state index in [0.717, 1.165) is 22.5 Å². The first-order valence-corrected chi connectivity index (χ1v) is 8.12. The summed E-state index contributed by atoms with van der Waals surface area (Å²) >= 11 is 6.75. The van der Waals surface area contributed by atoms with Gasteiger partial charge in [-0.05, 0) is 49.2 Å². The fourth-order valence-electron chi connectivity index (χ4n) is 1.56. The first-order chi connectivity index (χ1) is 8.79. The van der Waals surface area contributed by atoms with Crippen LogP contribution in [0.15, 0.2) is 28.5 Å². The zero-order valence-corrected chi connectivity index (χ0v) is 12.8. The van der Waals surface area contributed by atoms with Crippen molar-refractivity contribution in [1.29, 1.82) is 0 Å². The molecule has 7 heteroatoms. The number of aryl methyl sites for hydroxylation is 2. The highest BCUT2D eigenvalue weighted by atomic mass is 35.5. The lowest BCUT2D eigenvalue weighted by Gasteiger charge is -2.11. The Balaban J connectivity index is 2.38. The molecule has 0 bridgehead atoms. The number of nitrogen functional groups attached to an aromatic ring is 1. The van der Waals surface area contributed by atoms with E-state index < -0.39 is 10.0 Å². The van der Waals surface area contributed by atoms with E-state index in [1.165, 1.54) is 6.07 Å². The van der Waals surface area contributed by atoms with Crippen LogP contribution < -0.4 is 10.5 Å². The molecule has 1 aromatic carbocycles. The molecule has 1 heterocycles. The number of hydrogen-bond acceptors (Lipinski definition) is 4. The van der Waals surface area contributed by atoms with Crippen LogP contribution in [0.5, 0.6) is 0 Å². The van der Waals surface area contributed by atoms with Crippen molar-refractivity contribution in [3.63, 3.8) is 0 Å². The minimum atomic E-state index is -3.64. The van der Waals surface area contributed by atoms with Crippen LogP contribution in [0.2, 0.25) is 4.34 Å². The van der Waals surface area contributed by atoms with Gasteiger partial charge in [-0.2, -0.15) is 0 Å². The Morgan fingerprint density at radius 1 is 1.21 bits per heavy atom. The maximum absolute atomic E-state index is 12.1. The fraction of sp³-hybridized carbons (Fsp3) is 0.167. The lowest BCUT2D eigenvalue weighted by molar-refractivity contribution is 0.603. The number of sulfonamides is 1. The summed E-state index contributed by atoms with van der Waals surface area (Å²) in [6.45, 7) is 3.82. The number of nitrogens with one attached hydrogen (secondary N) is 1. The van der Waals surface area contributed by atoms with E-state index in [4.69, 9.17) is 17.3 Å². The third kappa shape index (κ3) is 3.02. The quantitative estimate of drug-likeness (QED) is 0.852. The maximum atomic E-state index is 12.1. The van der Waals surface area contributed by atoms with Gasteiger partial charge in [-0.25, -0.2) is 8.42 Å². The average molecular weight is 317 g/mol. The van der Waals surface area contributed by atoms with Crippen LogP contribution in [-0.2, 0) is 10.0 Å². The molecule has 3 N–H and O–H groups in total. The van der Waals surface area contributed by atoms with E-state index in [9.17, 15) is 8.42 Å². The van der Waals surface area contributed by atoms with E-state index >= 15 is 0 Å². The molecule has 2 aromatic rings. The van der Waals surface area contributed by atoms with Crippen LogP contribution in [0.3, 0.4) is 0 Å². The second-order valence-electron chi connectivity index (χ2n) is 4.19. The van der Waals surface area contributed by atoms with Gasteiger partial charge in [0.15, 0.2) is 0 Å². The topological polar surface area (TPSA) is 72.2 Å². The van der Waals surface area contributed by atoms with Gasteiger partial charge >= 0.3 is 0 Å². The van der Waals surface area contributed by atoms with E-state index in [0.29, 0.717) is 15.7 Å². The summed E-state index contributed by atoms with van der Waals surface area (Å²) in [5, 5.41) is 0. The smallest absolute Gasteiger partial charge is 0.271 e. The Kier molecular flexibility index (Phi) is 3.75. The van der Waals surface area contributed by atoms with Crippen molar-refractivity contribution < 1.29 is 8.42 Å². The predicted octanol–water partition coefficient (Wildman–Crippen LogP) is 3.40. The van der Waals surface area contributed by atoms with Crippen LogP contribution in [0.25, 0.3) is 0 Å². The van der Waals surface area contributed by atoms with E-state index in [-0.39, 0.29) is 4.21 Å². The van der Waals surface area contributed by atoms with Gasteiger partial charge in [-0.15, -0.1) is 11.3 Å². The Morgan fingerprint density at radius 2 is 1.84 bits per heavy atom. The second-order valence-corrected chi connectivity index (χ2v) is 7.81. The van der Waals surface area contributed by atoms with Crippen LogP contribution in [0, 0.1) is 13.8 Å². The molecule has 4 nitrogen and oxygen atoms in total. The standard InChI is InChI=1S/C12H13ClN2O2S2/c1-7-5-9(14)10(6-8(7)2)15-19(16,17)12-4-3-11(13)18-12/h3-6,15H,14H2,1-2H3. The minimum Gasteiger partial charge on any atom is -0.397 e. The molecule has 0 fully saturated rings. The van der Waals surface area contributed by atoms with Crippen LogP contribution in [-0.4, -0.2) is 8.42 Å². The van der Waals surface area contributed by atoms with E-state index in [1.54, 1.807) is 18.2 Å². The number of nitrogens with two attached hydrogens (primary N) is 1. The van der Waals surface area contributed by atoms with Crippen molar-refractivity contribution in [2.45, 2.75) is 18.1 Å². The summed E-state index contributed by atoms with van der Waals surface area (Å²) in [5.74, 6) is 0. The summed E-state index contributed by atoms with van der Waals surface area (Å²) in [6.07, 6.45) is 0. The van der Waals surface area contributed by atoms with Gasteiger partial charge in [0.2, 0.25) is 0 Å². The lowest BCUT2D eigenvalue weighted by atomic mass is 10.1. The zero-order chi connectivity index (χ0) is 14.2. The van der Waals surface area contributed by atoms with Crippen LogP contribution >= 0.6 is 22.9 Å². The zero-order valence-electron chi connectivity index (χ0n) is 10.4. The molecule has 19 heavy (non-hydrogen) atoms. The van der Waals surface area contributed by atoms with Crippen LogP contribution in [0.4, 0.5) is 11.4 Å². The Morgan fingerprint density at radius 3 is 2.42 bits per heavy atom. The Labute approximate surface area is 121 Å². The van der Waals surface area contributed by atoms with Crippen molar-refractivity contribution >= 4 is 44.3 Å². The highest BCUT2D eigenvalue weighted by molar-refractivity contribution is 7.94. The maximum Gasteiger partial charge on any atom is 0.271 e. The fourth-order valence-corrected chi connectivity index (χ4v) is 4.13. The summed E-state index contributed by atoms with van der Waals surface area (Å²) < 4.78 is 27.4. The first kappa shape index (κ1) is 14.2. The predicted molar refractivity (Wildman–Crippen MR) is 80.5 cm³/mol. The van der Waals surface area contributed by atoms with Gasteiger partial charge in [-0.3, -0.25) is 4.72 Å². The molecule has 0 amide bonds. The monoisotopic (exact) mass is 316 g/mol. The molecule has 102 valence electrons. The summed E-state index contributed by atoms with van der Waals surface area (Å²) in [6, 6.07) is 6.48. The summed E-state index contributed by atoms with van der Waals surface area (Å²) in [4.78, 5) is 0. The normalized spacial score (nSPS) is 11.5. The average Bonchev–Trinajstić information content (AvgIpc) is 2.73. The lowest BCUT2D eigenvalue weighted by Crippen LogP contribution is -2.13. The highest BCUT2D eigenvalue weighted by Gasteiger charge is 2.18. The molecule has 0 unspecified atom stereocenters. The molecular formula is C12H13ClN2O2S2. The largest absolute Gasteiger partial charge is 0.397 e. The Hall–Kier alpha value is -1.24. The third-order valence-electron chi connectivity index (χ3n) is 2.72. The van der Waals surface area contributed by atoms with E-state index in [1.807, 2.05) is 13.8 Å². The van der Waals surface area contributed by atoms with Crippen molar-refractivity contribution in [2.75, 3.05) is 10.5 Å². The second kappa shape index (κ2) is 5.03. The number of anilines is 2. The SMILES string of the molecule is Cc1cc(N)c(NS(=O)(=O)c2ccc(Cl)s2)cc1C. The molecule has 0 aliphatic rings. The van der Waals surface area contributed by atoms with E-state index in [2.05, 4.69) is 4.72 Å². The van der Waals surface area contributed by atoms with Gasteiger partial charge in [0.1, 0.15) is 4.21 Å². The molecular weight excluding hydrogens is 304 g/mol. The first-order valence-electron chi connectivity index (χ1n) is 5.44. The number of thiophene rings is 1. The summed E-state index contributed by atoms with van der Waals surface area (Å²) in [5.41, 5.74) is 8.59. The van der Waals surface area contributed by atoms with Crippen molar-refractivity contribution in [1.82, 2.24) is 0 Å². The van der Waals surface area contributed by atoms with Gasteiger partial charge in [0.25, 0.3) is 10.0 Å². The van der Waals surface area contributed by atoms with Gasteiger partial charge in [0.05, 0.1) is 15.7 Å². The molecule has 1 aromatic heterocycles. The molecule has 0 radical (unpaired) electrons. The number of hydrogen-bond donors (Lipinski definition) is 2. The number of halogens is 1. The van der Waals surface area contributed by atoms with Gasteiger partial charge in [0, 0.05) is 0 Å². The van der Waals surface area contributed by atoms with Gasteiger partial charge in [-0.1, -0.05) is 11.6 Å². The highest BCUT2D eigenvalue weighted by Crippen LogP contribution is 2.30. The van der Waals surface area contributed by atoms with Crippen molar-refractivity contribution in [2.24, 2.45) is 0 Å². The third-order valence-corrected chi connectivity index (χ3v) is 5.81. The number of rotatable bonds is 3. The minimum absolute atomic E-state index is 0.162.